The normalized spacial score (nSPS) is 13.2. The molecule has 190 valence electrons. The Morgan fingerprint density at radius 2 is 1.74 bits per heavy atom. The van der Waals surface area contributed by atoms with Gasteiger partial charge in [0, 0.05) is 45.5 Å². The number of hydrogen-bond donors (Lipinski definition) is 1. The number of para-hydroxylation sites is 2. The average Bonchev–Trinajstić information content (AvgIpc) is 3.44. The number of hydrogen-bond acceptors (Lipinski definition) is 3. The quantitative estimate of drug-likeness (QED) is 0.226. The van der Waals surface area contributed by atoms with Crippen LogP contribution in [0.25, 0.3) is 10.9 Å². The Balaban J connectivity index is 1.39. The molecule has 38 heavy (non-hydrogen) atoms. The van der Waals surface area contributed by atoms with E-state index < -0.39 is 0 Å². The molecular weight excluding hydrogens is 493 g/mol. The maximum Gasteiger partial charge on any atom is 0.259 e. The van der Waals surface area contributed by atoms with Crippen LogP contribution in [0.3, 0.4) is 0 Å². The summed E-state index contributed by atoms with van der Waals surface area (Å²) < 4.78 is 15.7. The predicted octanol–water partition coefficient (Wildman–Crippen LogP) is 8.08. The number of aryl methyl sites for hydroxylation is 1. The number of benzene rings is 3. The standard InChI is InChI=1S/C32H28FN3OS/c1-21-27(25-11-5-7-13-28(25)36(21)20-22-15-17-23(33)18-16-22)19-34-32-30(26-12-6-8-14-29(26)38-32)31(37)35-24-9-3-2-4-10-24/h2-5,7,9-11,13,15-19H,6,8,12,14,20H2,1H3,(H,35,37). The molecule has 4 nitrogen and oxygen atoms in total. The van der Waals surface area contributed by atoms with Crippen LogP contribution in [0, 0.1) is 12.7 Å². The van der Waals surface area contributed by atoms with E-state index in [9.17, 15) is 9.18 Å². The minimum Gasteiger partial charge on any atom is -0.340 e. The van der Waals surface area contributed by atoms with Gasteiger partial charge in [0.15, 0.2) is 0 Å². The van der Waals surface area contributed by atoms with Crippen molar-refractivity contribution in [3.8, 4) is 0 Å². The van der Waals surface area contributed by atoms with Crippen molar-refractivity contribution in [1.82, 2.24) is 4.57 Å². The number of rotatable bonds is 6. The summed E-state index contributed by atoms with van der Waals surface area (Å²) in [7, 11) is 0. The number of aromatic nitrogens is 1. The molecule has 2 heterocycles. The highest BCUT2D eigenvalue weighted by Crippen LogP contribution is 2.40. The number of carbonyl (C=O) groups is 1. The molecule has 0 atom stereocenters. The fourth-order valence-electron chi connectivity index (χ4n) is 5.31. The summed E-state index contributed by atoms with van der Waals surface area (Å²) in [5, 5.41) is 4.94. The van der Waals surface area contributed by atoms with Crippen molar-refractivity contribution >= 4 is 45.0 Å². The Morgan fingerprint density at radius 1 is 1.00 bits per heavy atom. The van der Waals surface area contributed by atoms with Crippen LogP contribution in [-0.4, -0.2) is 16.7 Å². The van der Waals surface area contributed by atoms with Gasteiger partial charge in [-0.3, -0.25) is 4.79 Å². The zero-order valence-electron chi connectivity index (χ0n) is 21.2. The lowest BCUT2D eigenvalue weighted by atomic mass is 9.95. The summed E-state index contributed by atoms with van der Waals surface area (Å²) in [6, 6.07) is 24.5. The van der Waals surface area contributed by atoms with Crippen molar-refractivity contribution in [3.63, 3.8) is 0 Å². The van der Waals surface area contributed by atoms with E-state index in [1.165, 1.54) is 17.0 Å². The van der Waals surface area contributed by atoms with Crippen molar-refractivity contribution in [2.45, 2.75) is 39.2 Å². The summed E-state index contributed by atoms with van der Waals surface area (Å²) in [5.74, 6) is -0.334. The number of aliphatic imine (C=N–C) groups is 1. The van der Waals surface area contributed by atoms with Crippen LogP contribution in [0.15, 0.2) is 83.9 Å². The number of nitrogens with zero attached hydrogens (tertiary/aromatic N) is 2. The average molecular weight is 522 g/mol. The number of anilines is 1. The van der Waals surface area contributed by atoms with E-state index in [4.69, 9.17) is 4.99 Å². The predicted molar refractivity (Wildman–Crippen MR) is 155 cm³/mol. The molecule has 0 aliphatic heterocycles. The molecule has 0 saturated heterocycles. The SMILES string of the molecule is Cc1c(C=Nc2sc3c(c2C(=O)Nc2ccccc2)CCCC3)c2ccccc2n1Cc1ccc(F)cc1. The molecule has 1 aliphatic rings. The van der Waals surface area contributed by atoms with E-state index in [1.807, 2.05) is 60.8 Å². The van der Waals surface area contributed by atoms with Gasteiger partial charge >= 0.3 is 0 Å². The molecule has 5 aromatic rings. The first-order valence-corrected chi connectivity index (χ1v) is 13.8. The molecule has 0 spiro atoms. The summed E-state index contributed by atoms with van der Waals surface area (Å²) in [6.45, 7) is 2.73. The second kappa shape index (κ2) is 10.4. The zero-order valence-corrected chi connectivity index (χ0v) is 22.0. The van der Waals surface area contributed by atoms with Gasteiger partial charge < -0.3 is 9.88 Å². The molecule has 0 radical (unpaired) electrons. The summed E-state index contributed by atoms with van der Waals surface area (Å²) in [5.41, 5.74) is 6.88. The molecule has 0 bridgehead atoms. The van der Waals surface area contributed by atoms with Crippen molar-refractivity contribution in [3.05, 3.63) is 118 Å². The topological polar surface area (TPSA) is 46.4 Å². The second-order valence-electron chi connectivity index (χ2n) is 9.70. The third-order valence-corrected chi connectivity index (χ3v) is 8.46. The Kier molecular flexibility index (Phi) is 6.64. The number of thiophene rings is 1. The molecule has 0 saturated carbocycles. The van der Waals surface area contributed by atoms with Gasteiger partial charge in [-0.15, -0.1) is 11.3 Å². The van der Waals surface area contributed by atoms with E-state index in [1.54, 1.807) is 11.3 Å². The van der Waals surface area contributed by atoms with Gasteiger partial charge in [-0.1, -0.05) is 48.5 Å². The van der Waals surface area contributed by atoms with Crippen LogP contribution in [-0.2, 0) is 19.4 Å². The Morgan fingerprint density at radius 3 is 2.55 bits per heavy atom. The molecule has 6 heteroatoms. The Labute approximate surface area is 225 Å². The molecule has 0 fully saturated rings. The minimum absolute atomic E-state index is 0.0989. The minimum atomic E-state index is -0.235. The van der Waals surface area contributed by atoms with E-state index in [0.29, 0.717) is 12.1 Å². The third-order valence-electron chi connectivity index (χ3n) is 7.26. The summed E-state index contributed by atoms with van der Waals surface area (Å²) in [6.07, 6.45) is 6.06. The molecule has 2 aromatic heterocycles. The molecule has 6 rings (SSSR count). The van der Waals surface area contributed by atoms with Crippen LogP contribution in [0.4, 0.5) is 15.1 Å². The number of nitrogens with one attached hydrogen (secondary N) is 1. The third kappa shape index (κ3) is 4.68. The largest absolute Gasteiger partial charge is 0.340 e. The van der Waals surface area contributed by atoms with Crippen molar-refractivity contribution in [2.75, 3.05) is 5.32 Å². The van der Waals surface area contributed by atoms with Gasteiger partial charge in [0.1, 0.15) is 10.8 Å². The van der Waals surface area contributed by atoms with Crippen LogP contribution >= 0.6 is 11.3 Å². The van der Waals surface area contributed by atoms with Crippen molar-refractivity contribution in [2.24, 2.45) is 4.99 Å². The first-order chi connectivity index (χ1) is 18.6. The zero-order chi connectivity index (χ0) is 26.1. The van der Waals surface area contributed by atoms with Crippen molar-refractivity contribution < 1.29 is 9.18 Å². The summed E-state index contributed by atoms with van der Waals surface area (Å²) in [4.78, 5) is 19.7. The number of amides is 1. The smallest absolute Gasteiger partial charge is 0.259 e. The number of carbonyl (C=O) groups excluding carboxylic acids is 1. The number of halogens is 1. The highest BCUT2D eigenvalue weighted by Gasteiger charge is 2.25. The van der Waals surface area contributed by atoms with Gasteiger partial charge in [0.05, 0.1) is 5.56 Å². The Bertz CT molecular complexity index is 1650. The van der Waals surface area contributed by atoms with Gasteiger partial charge in [-0.05, 0) is 74.1 Å². The van der Waals surface area contributed by atoms with E-state index in [-0.39, 0.29) is 11.7 Å². The van der Waals surface area contributed by atoms with Crippen LogP contribution in [0.5, 0.6) is 0 Å². The van der Waals surface area contributed by atoms with Crippen molar-refractivity contribution in [1.29, 1.82) is 0 Å². The molecule has 3 aromatic carbocycles. The molecule has 0 unspecified atom stereocenters. The number of fused-ring (bicyclic) bond motifs is 2. The maximum absolute atomic E-state index is 13.5. The van der Waals surface area contributed by atoms with Crippen LogP contribution in [0.2, 0.25) is 0 Å². The van der Waals surface area contributed by atoms with E-state index in [2.05, 4.69) is 28.9 Å². The monoisotopic (exact) mass is 521 g/mol. The molecular formula is C32H28FN3OS. The first-order valence-electron chi connectivity index (χ1n) is 13.0. The Hall–Kier alpha value is -4.03. The fraction of sp³-hybridized carbons (Fsp3) is 0.188. The fourth-order valence-corrected chi connectivity index (χ4v) is 6.54. The molecule has 1 N–H and O–H groups in total. The highest BCUT2D eigenvalue weighted by molar-refractivity contribution is 7.16. The molecule has 1 aliphatic carbocycles. The lowest BCUT2D eigenvalue weighted by Gasteiger charge is -2.12. The lowest BCUT2D eigenvalue weighted by Crippen LogP contribution is -2.14. The van der Waals surface area contributed by atoms with Crippen LogP contribution in [0.1, 0.15) is 50.5 Å². The van der Waals surface area contributed by atoms with Gasteiger partial charge in [0.2, 0.25) is 0 Å². The van der Waals surface area contributed by atoms with Crippen LogP contribution < -0.4 is 5.32 Å². The summed E-state index contributed by atoms with van der Waals surface area (Å²) >= 11 is 1.64. The lowest BCUT2D eigenvalue weighted by molar-refractivity contribution is 0.102. The highest BCUT2D eigenvalue weighted by atomic mass is 32.1. The van der Waals surface area contributed by atoms with Gasteiger partial charge in [0.25, 0.3) is 5.91 Å². The van der Waals surface area contributed by atoms with E-state index >= 15 is 0 Å². The maximum atomic E-state index is 13.5. The second-order valence-corrected chi connectivity index (χ2v) is 10.8. The van der Waals surface area contributed by atoms with E-state index in [0.717, 1.165) is 69.7 Å². The van der Waals surface area contributed by atoms with Gasteiger partial charge in [-0.2, -0.15) is 0 Å². The van der Waals surface area contributed by atoms with Gasteiger partial charge in [-0.25, -0.2) is 9.38 Å². The molecule has 1 amide bonds. The first kappa shape index (κ1) is 24.3.